The van der Waals surface area contributed by atoms with E-state index < -0.39 is 38.6 Å². The van der Waals surface area contributed by atoms with Gasteiger partial charge in [0.1, 0.15) is 19.8 Å². The number of rotatable bonds is 36. The highest BCUT2D eigenvalue weighted by atomic mass is 31.2. The van der Waals surface area contributed by atoms with Crippen molar-refractivity contribution in [3.63, 3.8) is 0 Å². The Morgan fingerprint density at radius 1 is 0.655 bits per heavy atom. The lowest BCUT2D eigenvalue weighted by Crippen LogP contribution is -2.37. The first-order valence-electron chi connectivity index (χ1n) is 20.8. The average Bonchev–Trinajstić information content (AvgIpc) is 3.13. The van der Waals surface area contributed by atoms with Gasteiger partial charge < -0.3 is 24.0 Å². The number of aliphatic hydroxyl groups excluding tert-OH is 1. The first-order valence-corrected chi connectivity index (χ1v) is 22.3. The lowest BCUT2D eigenvalue weighted by atomic mass is 10.1. The Labute approximate surface area is 334 Å². The number of aliphatic hydroxyl groups is 1. The van der Waals surface area contributed by atoms with Crippen LogP contribution in [0.25, 0.3) is 0 Å². The minimum atomic E-state index is -4.43. The number of hydrogen-bond donors (Lipinski definition) is 2. The van der Waals surface area contributed by atoms with Gasteiger partial charge in [0.15, 0.2) is 6.10 Å². The molecule has 0 radical (unpaired) electrons. The minimum Gasteiger partial charge on any atom is -0.462 e. The summed E-state index contributed by atoms with van der Waals surface area (Å²) < 4.78 is 34.0. The number of esters is 2. The van der Waals surface area contributed by atoms with E-state index in [4.69, 9.17) is 18.5 Å². The van der Waals surface area contributed by atoms with Crippen LogP contribution >= 0.6 is 7.82 Å². The fourth-order valence-electron chi connectivity index (χ4n) is 5.06. The Morgan fingerprint density at radius 2 is 1.18 bits per heavy atom. The summed E-state index contributed by atoms with van der Waals surface area (Å²) in [7, 11) is 1.35. The molecule has 316 valence electrons. The number of allylic oxidation sites excluding steroid dienone is 11. The van der Waals surface area contributed by atoms with E-state index in [1.54, 1.807) is 12.2 Å². The molecule has 0 fully saturated rings. The molecule has 0 aromatic heterocycles. The second-order valence-corrected chi connectivity index (χ2v) is 16.3. The number of carbonyl (C=O) groups is 2. The van der Waals surface area contributed by atoms with Crippen molar-refractivity contribution < 1.29 is 47.2 Å². The number of quaternary nitrogens is 1. The second-order valence-electron chi connectivity index (χ2n) is 14.8. The van der Waals surface area contributed by atoms with Crippen LogP contribution in [0.5, 0.6) is 0 Å². The van der Waals surface area contributed by atoms with Crippen molar-refractivity contribution in [1.82, 2.24) is 0 Å². The fraction of sp³-hybridized carbons (Fsp3) is 0.682. The summed E-state index contributed by atoms with van der Waals surface area (Å²) in [6.45, 7) is 3.99. The topological polar surface area (TPSA) is 129 Å². The summed E-state index contributed by atoms with van der Waals surface area (Å²) in [5, 5.41) is 10.3. The van der Waals surface area contributed by atoms with Gasteiger partial charge in [0.2, 0.25) is 0 Å². The molecule has 0 aliphatic rings. The highest BCUT2D eigenvalue weighted by Gasteiger charge is 2.27. The lowest BCUT2D eigenvalue weighted by Gasteiger charge is -2.24. The molecule has 0 heterocycles. The standard InChI is InChI=1S/C44H76NO9P/c1-6-8-10-12-14-16-18-19-20-21-22-24-25-27-29-31-33-41(46)35-36-43(47)51-39-42(40-53-55(49,50)52-38-37-45(3,4)5)54-44(48)34-32-30-28-26-23-17-15-13-11-9-7-2/h8,10,14,16,19-20,22,24,27,29,31,33,41-42,46H,6-7,9,11-13,15,17-18,21,23,25-26,28,30,32,34-40H2,1-5H3/p+1/b10-8-,16-14-,20-19-,24-22-,29-27-,33-31-/t41?,42-/m1/s1. The number of likely N-dealkylation sites (N-methyl/N-ethyl adjacent to an activating group) is 1. The van der Waals surface area contributed by atoms with Crippen molar-refractivity contribution in [2.45, 2.75) is 148 Å². The van der Waals surface area contributed by atoms with E-state index in [0.29, 0.717) is 17.4 Å². The normalized spacial score (nSPS) is 15.0. The Bertz CT molecular complexity index is 1190. The van der Waals surface area contributed by atoms with Crippen molar-refractivity contribution in [2.24, 2.45) is 0 Å². The molecule has 0 saturated heterocycles. The van der Waals surface area contributed by atoms with E-state index in [0.717, 1.165) is 51.4 Å². The monoisotopic (exact) mass is 795 g/mol. The molecule has 2 N–H and O–H groups in total. The van der Waals surface area contributed by atoms with Crippen LogP contribution in [0, 0.1) is 0 Å². The van der Waals surface area contributed by atoms with E-state index in [2.05, 4.69) is 62.5 Å². The maximum Gasteiger partial charge on any atom is 0.472 e. The first-order chi connectivity index (χ1) is 26.4. The van der Waals surface area contributed by atoms with Crippen molar-refractivity contribution in [2.75, 3.05) is 47.5 Å². The summed E-state index contributed by atoms with van der Waals surface area (Å²) in [4.78, 5) is 35.3. The maximum absolute atomic E-state index is 12.6. The predicted octanol–water partition coefficient (Wildman–Crippen LogP) is 10.4. The zero-order valence-electron chi connectivity index (χ0n) is 35.0. The molecule has 0 aliphatic heterocycles. The molecule has 0 amide bonds. The number of carbonyl (C=O) groups excluding carboxylic acids is 2. The minimum absolute atomic E-state index is 0.00652. The molecule has 10 nitrogen and oxygen atoms in total. The quantitative estimate of drug-likeness (QED) is 0.0159. The van der Waals surface area contributed by atoms with Gasteiger partial charge in [0, 0.05) is 12.8 Å². The molecule has 0 aromatic rings. The Balaban J connectivity index is 4.62. The molecule has 11 heteroatoms. The van der Waals surface area contributed by atoms with Gasteiger partial charge in [-0.1, -0.05) is 151 Å². The van der Waals surface area contributed by atoms with Gasteiger partial charge in [-0.3, -0.25) is 18.6 Å². The van der Waals surface area contributed by atoms with Crippen LogP contribution in [0.2, 0.25) is 0 Å². The molecule has 0 rings (SSSR count). The third-order valence-electron chi connectivity index (χ3n) is 8.37. The van der Waals surface area contributed by atoms with E-state index in [1.807, 2.05) is 33.3 Å². The van der Waals surface area contributed by atoms with Crippen molar-refractivity contribution in [1.29, 1.82) is 0 Å². The summed E-state index contributed by atoms with van der Waals surface area (Å²) in [6.07, 6.45) is 40.0. The zero-order valence-corrected chi connectivity index (χ0v) is 35.9. The van der Waals surface area contributed by atoms with Gasteiger partial charge in [0.05, 0.1) is 33.9 Å². The molecule has 0 bridgehead atoms. The molecular formula is C44H77NO9P+. The Hall–Kier alpha value is -2.59. The van der Waals surface area contributed by atoms with Gasteiger partial charge in [-0.15, -0.1) is 0 Å². The largest absolute Gasteiger partial charge is 0.472 e. The van der Waals surface area contributed by atoms with Crippen molar-refractivity contribution in [3.8, 4) is 0 Å². The van der Waals surface area contributed by atoms with Gasteiger partial charge in [-0.2, -0.15) is 0 Å². The number of unbranched alkanes of at least 4 members (excludes halogenated alkanes) is 10. The predicted molar refractivity (Wildman–Crippen MR) is 225 cm³/mol. The molecule has 3 atom stereocenters. The van der Waals surface area contributed by atoms with Crippen LogP contribution in [0.15, 0.2) is 72.9 Å². The Morgan fingerprint density at radius 3 is 1.73 bits per heavy atom. The highest BCUT2D eigenvalue weighted by Crippen LogP contribution is 2.43. The molecule has 0 spiro atoms. The molecule has 55 heavy (non-hydrogen) atoms. The first kappa shape index (κ1) is 52.4. The number of phosphoric ester groups is 1. The summed E-state index contributed by atoms with van der Waals surface area (Å²) >= 11 is 0. The lowest BCUT2D eigenvalue weighted by molar-refractivity contribution is -0.870. The third-order valence-corrected chi connectivity index (χ3v) is 9.35. The number of hydrogen-bond acceptors (Lipinski definition) is 8. The average molecular weight is 795 g/mol. The van der Waals surface area contributed by atoms with Crippen LogP contribution in [0.1, 0.15) is 136 Å². The number of nitrogens with zero attached hydrogens (tertiary/aromatic N) is 1. The van der Waals surface area contributed by atoms with Crippen LogP contribution in [0.3, 0.4) is 0 Å². The Kier molecular flexibility index (Phi) is 34.1. The smallest absolute Gasteiger partial charge is 0.462 e. The summed E-state index contributed by atoms with van der Waals surface area (Å²) in [5.41, 5.74) is 0. The van der Waals surface area contributed by atoms with Crippen LogP contribution in [-0.2, 0) is 32.7 Å². The van der Waals surface area contributed by atoms with Gasteiger partial charge in [-0.25, -0.2) is 4.57 Å². The molecule has 2 unspecified atom stereocenters. The van der Waals surface area contributed by atoms with E-state index in [1.165, 1.54) is 44.9 Å². The second kappa shape index (κ2) is 35.8. The van der Waals surface area contributed by atoms with E-state index in [9.17, 15) is 24.2 Å². The van der Waals surface area contributed by atoms with Crippen molar-refractivity contribution >= 4 is 19.8 Å². The van der Waals surface area contributed by atoms with Crippen LogP contribution < -0.4 is 0 Å². The molecule has 0 aliphatic carbocycles. The summed E-state index contributed by atoms with van der Waals surface area (Å²) in [6, 6.07) is 0. The fourth-order valence-corrected chi connectivity index (χ4v) is 5.80. The van der Waals surface area contributed by atoms with Crippen LogP contribution in [-0.4, -0.2) is 86.1 Å². The molecule has 0 aromatic carbocycles. The third kappa shape index (κ3) is 39.4. The SMILES string of the molecule is CC/C=C\C/C=C\C/C=C\C/C=C\C/C=C\C=C/C(O)CCC(=O)OC[C@H](COP(=O)(O)OCC[N+](C)(C)C)OC(=O)CCCCCCCCCCCCC. The molecular weight excluding hydrogens is 717 g/mol. The van der Waals surface area contributed by atoms with Gasteiger partial charge in [0.25, 0.3) is 0 Å². The maximum atomic E-state index is 12.6. The number of phosphoric acid groups is 1. The van der Waals surface area contributed by atoms with Crippen LogP contribution in [0.4, 0.5) is 0 Å². The van der Waals surface area contributed by atoms with E-state index in [-0.39, 0.29) is 32.5 Å². The van der Waals surface area contributed by atoms with Gasteiger partial charge >= 0.3 is 19.8 Å². The summed E-state index contributed by atoms with van der Waals surface area (Å²) in [5.74, 6) is -1.09. The van der Waals surface area contributed by atoms with Crippen molar-refractivity contribution in [3.05, 3.63) is 72.9 Å². The zero-order chi connectivity index (χ0) is 40.9. The number of ether oxygens (including phenoxy) is 2. The molecule has 0 saturated carbocycles. The highest BCUT2D eigenvalue weighted by molar-refractivity contribution is 7.47. The van der Waals surface area contributed by atoms with E-state index >= 15 is 0 Å². The van der Waals surface area contributed by atoms with Gasteiger partial charge in [-0.05, 0) is 44.9 Å².